The van der Waals surface area contributed by atoms with Crippen molar-refractivity contribution in [2.24, 2.45) is 5.16 Å². The van der Waals surface area contributed by atoms with Crippen molar-refractivity contribution in [3.05, 3.63) is 58.2 Å². The fraction of sp³-hybridized carbons (Fsp3) is 0.294. The molecule has 1 atom stereocenters. The van der Waals surface area contributed by atoms with Gasteiger partial charge in [0, 0.05) is 18.2 Å². The fourth-order valence-electron chi connectivity index (χ4n) is 2.61. The molecule has 1 aromatic carbocycles. The second-order valence-corrected chi connectivity index (χ2v) is 6.35. The maximum Gasteiger partial charge on any atom is 0.417 e. The maximum atomic E-state index is 13.1. The summed E-state index contributed by atoms with van der Waals surface area (Å²) >= 11 is 5.80. The van der Waals surface area contributed by atoms with Crippen LogP contribution in [0.3, 0.4) is 0 Å². The zero-order chi connectivity index (χ0) is 20.5. The summed E-state index contributed by atoms with van der Waals surface area (Å²) in [7, 11) is 0. The Morgan fingerprint density at radius 3 is 2.46 bits per heavy atom. The smallest absolute Gasteiger partial charge is 0.390 e. The van der Waals surface area contributed by atoms with E-state index in [1.54, 1.807) is 0 Å². The molecule has 1 aromatic heterocycles. The molecule has 2 heterocycles. The second kappa shape index (κ2) is 7.50. The molecule has 150 valence electrons. The van der Waals surface area contributed by atoms with Crippen molar-refractivity contribution in [2.75, 3.05) is 11.9 Å². The topological polar surface area (TPSA) is 46.5 Å². The Kier molecular flexibility index (Phi) is 5.42. The lowest BCUT2D eigenvalue weighted by Crippen LogP contribution is -2.21. The van der Waals surface area contributed by atoms with E-state index in [4.69, 9.17) is 16.4 Å². The molecular weight excluding hydrogens is 412 g/mol. The number of hydrogen-bond acceptors (Lipinski definition) is 4. The van der Waals surface area contributed by atoms with Gasteiger partial charge in [-0.05, 0) is 12.1 Å². The lowest BCUT2D eigenvalue weighted by Gasteiger charge is -2.14. The second-order valence-electron chi connectivity index (χ2n) is 5.95. The molecule has 1 N–H and O–H groups in total. The number of hydrogen-bond donors (Lipinski definition) is 1. The zero-order valence-corrected chi connectivity index (χ0v) is 14.7. The van der Waals surface area contributed by atoms with Gasteiger partial charge in [-0.1, -0.05) is 35.0 Å². The average molecular weight is 424 g/mol. The number of benzene rings is 1. The van der Waals surface area contributed by atoms with Crippen molar-refractivity contribution in [1.29, 1.82) is 0 Å². The number of alkyl halides is 6. The minimum absolute atomic E-state index is 0.00223. The van der Waals surface area contributed by atoms with Crippen LogP contribution in [0.5, 0.6) is 0 Å². The van der Waals surface area contributed by atoms with Crippen LogP contribution in [0.1, 0.15) is 23.1 Å². The molecule has 0 fully saturated rings. The van der Waals surface area contributed by atoms with E-state index in [1.807, 2.05) is 0 Å². The molecule has 28 heavy (non-hydrogen) atoms. The number of aromatic nitrogens is 1. The van der Waals surface area contributed by atoms with E-state index < -0.39 is 29.6 Å². The van der Waals surface area contributed by atoms with Crippen molar-refractivity contribution in [3.63, 3.8) is 0 Å². The molecule has 4 nitrogen and oxygen atoms in total. The molecule has 3 rings (SSSR count). The van der Waals surface area contributed by atoms with Gasteiger partial charge in [-0.2, -0.15) is 26.3 Å². The molecule has 0 saturated heterocycles. The molecule has 0 amide bonds. The Morgan fingerprint density at radius 1 is 1.11 bits per heavy atom. The largest absolute Gasteiger partial charge is 0.417 e. The van der Waals surface area contributed by atoms with Gasteiger partial charge in [-0.3, -0.25) is 0 Å². The van der Waals surface area contributed by atoms with Crippen LogP contribution in [0.25, 0.3) is 0 Å². The lowest BCUT2D eigenvalue weighted by atomic mass is 9.99. The number of pyridine rings is 1. The molecule has 0 bridgehead atoms. The standard InChI is InChI=1S/C17H12ClF6N3O/c18-13-5-9(16(19,20)21)7-25-15(13)26-8-10-6-14(27-28-10)11-3-1-2-4-12(11)17(22,23)24/h1-5,7,10H,6,8H2,(H,25,26). The van der Waals surface area contributed by atoms with Crippen LogP contribution in [-0.4, -0.2) is 23.3 Å². The predicted molar refractivity (Wildman–Crippen MR) is 90.2 cm³/mol. The van der Waals surface area contributed by atoms with Gasteiger partial charge in [0.1, 0.15) is 11.9 Å². The normalized spacial score (nSPS) is 17.2. The van der Waals surface area contributed by atoms with Crippen LogP contribution in [-0.2, 0) is 17.2 Å². The SMILES string of the molecule is FC(F)(F)c1cnc(NCC2CC(c3ccccc3C(F)(F)F)=NO2)c(Cl)c1. The summed E-state index contributed by atoms with van der Waals surface area (Å²) < 4.78 is 77.2. The maximum absolute atomic E-state index is 13.1. The summed E-state index contributed by atoms with van der Waals surface area (Å²) in [5, 5.41) is 6.20. The van der Waals surface area contributed by atoms with E-state index in [0.717, 1.165) is 12.1 Å². The molecule has 1 unspecified atom stereocenters. The third-order valence-corrected chi connectivity index (χ3v) is 4.23. The number of nitrogens with one attached hydrogen (secondary N) is 1. The summed E-state index contributed by atoms with van der Waals surface area (Å²) in [5.74, 6) is 0.00223. The Labute approximate surface area is 160 Å². The van der Waals surface area contributed by atoms with Crippen LogP contribution in [0.15, 0.2) is 41.7 Å². The molecule has 2 aromatic rings. The van der Waals surface area contributed by atoms with Crippen molar-refractivity contribution in [2.45, 2.75) is 24.9 Å². The van der Waals surface area contributed by atoms with Crippen molar-refractivity contribution < 1.29 is 31.2 Å². The number of nitrogens with zero attached hydrogens (tertiary/aromatic N) is 2. The molecular formula is C17H12ClF6N3O. The highest BCUT2D eigenvalue weighted by molar-refractivity contribution is 6.32. The van der Waals surface area contributed by atoms with E-state index in [1.165, 1.54) is 18.2 Å². The zero-order valence-electron chi connectivity index (χ0n) is 13.9. The molecule has 11 heteroatoms. The van der Waals surface area contributed by atoms with Gasteiger partial charge in [0.25, 0.3) is 0 Å². The number of oxime groups is 1. The summed E-state index contributed by atoms with van der Waals surface area (Å²) in [6.07, 6.45) is -9.02. The molecule has 0 radical (unpaired) electrons. The van der Waals surface area contributed by atoms with Gasteiger partial charge in [0.15, 0.2) is 0 Å². The first-order valence-corrected chi connectivity index (χ1v) is 8.29. The number of anilines is 1. The first kappa shape index (κ1) is 20.2. The van der Waals surface area contributed by atoms with E-state index in [0.29, 0.717) is 6.20 Å². The minimum Gasteiger partial charge on any atom is -0.390 e. The van der Waals surface area contributed by atoms with Crippen molar-refractivity contribution in [3.8, 4) is 0 Å². The van der Waals surface area contributed by atoms with Gasteiger partial charge in [0.2, 0.25) is 0 Å². The monoisotopic (exact) mass is 423 g/mol. The third kappa shape index (κ3) is 4.49. The Balaban J connectivity index is 1.65. The van der Waals surface area contributed by atoms with Gasteiger partial charge in [-0.25, -0.2) is 4.98 Å². The third-order valence-electron chi connectivity index (χ3n) is 3.94. The van der Waals surface area contributed by atoms with Gasteiger partial charge in [-0.15, -0.1) is 0 Å². The quantitative estimate of drug-likeness (QED) is 0.672. The first-order chi connectivity index (χ1) is 13.1. The van der Waals surface area contributed by atoms with Gasteiger partial charge in [0.05, 0.1) is 28.4 Å². The summed E-state index contributed by atoms with van der Waals surface area (Å²) in [6.45, 7) is 0.0409. The highest BCUT2D eigenvalue weighted by Crippen LogP contribution is 2.34. The number of halogens is 7. The van der Waals surface area contributed by atoms with E-state index >= 15 is 0 Å². The summed E-state index contributed by atoms with van der Waals surface area (Å²) in [4.78, 5) is 8.76. The first-order valence-electron chi connectivity index (χ1n) is 7.91. The van der Waals surface area contributed by atoms with Crippen LogP contribution in [0.4, 0.5) is 32.2 Å². The Bertz CT molecular complexity index is 897. The van der Waals surface area contributed by atoms with Gasteiger partial charge < -0.3 is 10.2 Å². The number of rotatable bonds is 4. The van der Waals surface area contributed by atoms with Crippen LogP contribution in [0, 0.1) is 0 Å². The molecule has 1 aliphatic rings. The molecule has 0 saturated carbocycles. The fourth-order valence-corrected chi connectivity index (χ4v) is 2.85. The molecule has 1 aliphatic heterocycles. The Morgan fingerprint density at radius 2 is 1.82 bits per heavy atom. The highest BCUT2D eigenvalue weighted by Gasteiger charge is 2.36. The minimum atomic E-state index is -4.57. The van der Waals surface area contributed by atoms with E-state index in [2.05, 4.69) is 15.5 Å². The van der Waals surface area contributed by atoms with Gasteiger partial charge >= 0.3 is 12.4 Å². The van der Waals surface area contributed by atoms with E-state index in [-0.39, 0.29) is 35.1 Å². The molecule has 0 spiro atoms. The lowest BCUT2D eigenvalue weighted by molar-refractivity contribution is -0.138. The van der Waals surface area contributed by atoms with Crippen LogP contribution >= 0.6 is 11.6 Å². The van der Waals surface area contributed by atoms with Crippen molar-refractivity contribution in [1.82, 2.24) is 4.98 Å². The Hall–Kier alpha value is -2.49. The molecule has 0 aliphatic carbocycles. The predicted octanol–water partition coefficient (Wildman–Crippen LogP) is 5.38. The van der Waals surface area contributed by atoms with Crippen LogP contribution in [0.2, 0.25) is 5.02 Å². The summed E-state index contributed by atoms with van der Waals surface area (Å²) in [5.41, 5.74) is -1.76. The average Bonchev–Trinajstić information content (AvgIpc) is 3.08. The van der Waals surface area contributed by atoms with Crippen LogP contribution < -0.4 is 5.32 Å². The van der Waals surface area contributed by atoms with Crippen molar-refractivity contribution >= 4 is 23.1 Å². The highest BCUT2D eigenvalue weighted by atomic mass is 35.5. The summed E-state index contributed by atoms with van der Waals surface area (Å²) in [6, 6.07) is 5.73. The van der Waals surface area contributed by atoms with E-state index in [9.17, 15) is 26.3 Å².